The number of amides is 1. The van der Waals surface area contributed by atoms with Gasteiger partial charge in [0.15, 0.2) is 0 Å². The van der Waals surface area contributed by atoms with Crippen molar-refractivity contribution in [2.24, 2.45) is 0 Å². The molecule has 4 heteroatoms. The van der Waals surface area contributed by atoms with E-state index in [1.165, 1.54) is 5.69 Å². The van der Waals surface area contributed by atoms with Crippen molar-refractivity contribution in [3.05, 3.63) is 23.8 Å². The summed E-state index contributed by atoms with van der Waals surface area (Å²) in [6.07, 6.45) is -0.406. The van der Waals surface area contributed by atoms with Crippen LogP contribution in [0.1, 0.15) is 26.3 Å². The first kappa shape index (κ1) is 14.4. The number of hydrogen-bond donors (Lipinski definition) is 1. The second-order valence-corrected chi connectivity index (χ2v) is 4.02. The second kappa shape index (κ2) is 6.89. The minimum atomic E-state index is -0.406. The Morgan fingerprint density at radius 1 is 1.28 bits per heavy atom. The number of benzene rings is 1. The summed E-state index contributed by atoms with van der Waals surface area (Å²) in [7, 11) is 0. The summed E-state index contributed by atoms with van der Waals surface area (Å²) >= 11 is 0. The molecule has 1 amide bonds. The van der Waals surface area contributed by atoms with Gasteiger partial charge in [-0.1, -0.05) is 0 Å². The van der Waals surface area contributed by atoms with Crippen LogP contribution in [0.15, 0.2) is 18.2 Å². The number of aryl methyl sites for hydroxylation is 1. The van der Waals surface area contributed by atoms with Crippen LogP contribution >= 0.6 is 0 Å². The number of hydrogen-bond acceptors (Lipinski definition) is 3. The van der Waals surface area contributed by atoms with Crippen molar-refractivity contribution in [3.63, 3.8) is 0 Å². The number of nitrogens with zero attached hydrogens (tertiary/aromatic N) is 1. The highest BCUT2D eigenvalue weighted by molar-refractivity contribution is 5.86. The highest BCUT2D eigenvalue weighted by Gasteiger charge is 2.07. The van der Waals surface area contributed by atoms with Crippen LogP contribution < -0.4 is 10.2 Å². The molecule has 0 aliphatic carbocycles. The van der Waals surface area contributed by atoms with Gasteiger partial charge in [0, 0.05) is 24.5 Å². The third-order valence-corrected chi connectivity index (χ3v) is 2.85. The smallest absolute Gasteiger partial charge is 0.411 e. The third kappa shape index (κ3) is 3.65. The van der Waals surface area contributed by atoms with Crippen LogP contribution in [0.5, 0.6) is 0 Å². The molecule has 0 fully saturated rings. The monoisotopic (exact) mass is 250 g/mol. The fourth-order valence-electron chi connectivity index (χ4n) is 1.85. The highest BCUT2D eigenvalue weighted by Crippen LogP contribution is 2.22. The zero-order valence-corrected chi connectivity index (χ0v) is 11.6. The first-order valence-corrected chi connectivity index (χ1v) is 6.41. The summed E-state index contributed by atoms with van der Waals surface area (Å²) in [4.78, 5) is 13.6. The maximum Gasteiger partial charge on any atom is 0.411 e. The lowest BCUT2D eigenvalue weighted by molar-refractivity contribution is 0.168. The average Bonchev–Trinajstić information content (AvgIpc) is 2.34. The van der Waals surface area contributed by atoms with Gasteiger partial charge in [0.2, 0.25) is 0 Å². The lowest BCUT2D eigenvalue weighted by atomic mass is 10.1. The molecule has 100 valence electrons. The molecule has 1 N–H and O–H groups in total. The fraction of sp³-hybridized carbons (Fsp3) is 0.500. The Hall–Kier alpha value is -1.71. The number of nitrogens with one attached hydrogen (secondary N) is 1. The summed E-state index contributed by atoms with van der Waals surface area (Å²) in [5.41, 5.74) is 3.00. The lowest BCUT2D eigenvalue weighted by Crippen LogP contribution is -2.22. The quantitative estimate of drug-likeness (QED) is 0.870. The molecular formula is C14H22N2O2. The largest absolute Gasteiger partial charge is 0.450 e. The minimum absolute atomic E-state index is 0.377. The number of carbonyl (C=O) groups excluding carboxylic acids is 1. The summed E-state index contributed by atoms with van der Waals surface area (Å²) in [6.45, 7) is 10.3. The maximum absolute atomic E-state index is 11.4. The molecule has 18 heavy (non-hydrogen) atoms. The van der Waals surface area contributed by atoms with Crippen LogP contribution in [0.4, 0.5) is 16.2 Å². The molecule has 0 spiro atoms. The van der Waals surface area contributed by atoms with Gasteiger partial charge < -0.3 is 9.64 Å². The topological polar surface area (TPSA) is 41.6 Å². The maximum atomic E-state index is 11.4. The molecule has 0 unspecified atom stereocenters. The Morgan fingerprint density at radius 3 is 2.44 bits per heavy atom. The van der Waals surface area contributed by atoms with E-state index in [4.69, 9.17) is 4.74 Å². The standard InChI is InChI=1S/C14H22N2O2/c1-5-16(6-2)12-8-9-13(11(4)10-12)15-14(17)18-7-3/h8-10H,5-7H2,1-4H3,(H,15,17). The van der Waals surface area contributed by atoms with Crippen molar-refractivity contribution in [1.29, 1.82) is 0 Å². The molecule has 0 heterocycles. The predicted molar refractivity (Wildman–Crippen MR) is 75.4 cm³/mol. The van der Waals surface area contributed by atoms with Crippen LogP contribution in [0.25, 0.3) is 0 Å². The Bertz CT molecular complexity index is 401. The summed E-state index contributed by atoms with van der Waals surface area (Å²) < 4.78 is 4.86. The normalized spacial score (nSPS) is 10.0. The van der Waals surface area contributed by atoms with Crippen molar-refractivity contribution < 1.29 is 9.53 Å². The van der Waals surface area contributed by atoms with Crippen LogP contribution in [-0.2, 0) is 4.74 Å². The van der Waals surface area contributed by atoms with Crippen LogP contribution in [-0.4, -0.2) is 25.8 Å². The molecule has 4 nitrogen and oxygen atoms in total. The molecule has 0 saturated carbocycles. The van der Waals surface area contributed by atoms with E-state index in [2.05, 4.69) is 30.1 Å². The van der Waals surface area contributed by atoms with Gasteiger partial charge in [-0.3, -0.25) is 5.32 Å². The third-order valence-electron chi connectivity index (χ3n) is 2.85. The number of ether oxygens (including phenoxy) is 1. The SMILES string of the molecule is CCOC(=O)Nc1ccc(N(CC)CC)cc1C. The average molecular weight is 250 g/mol. The van der Waals surface area contributed by atoms with Crippen molar-refractivity contribution in [2.45, 2.75) is 27.7 Å². The first-order valence-electron chi connectivity index (χ1n) is 6.41. The Kier molecular flexibility index (Phi) is 5.49. The zero-order valence-electron chi connectivity index (χ0n) is 11.6. The highest BCUT2D eigenvalue weighted by atomic mass is 16.5. The molecular weight excluding hydrogens is 228 g/mol. The van der Waals surface area contributed by atoms with Crippen molar-refractivity contribution in [3.8, 4) is 0 Å². The van der Waals surface area contributed by atoms with Crippen LogP contribution in [0, 0.1) is 6.92 Å². The fourth-order valence-corrected chi connectivity index (χ4v) is 1.85. The van der Waals surface area contributed by atoms with Gasteiger partial charge in [0.25, 0.3) is 0 Å². The van der Waals surface area contributed by atoms with E-state index >= 15 is 0 Å². The van der Waals surface area contributed by atoms with Crippen LogP contribution in [0.2, 0.25) is 0 Å². The summed E-state index contributed by atoms with van der Waals surface area (Å²) in [5, 5.41) is 2.73. The molecule has 0 aliphatic heterocycles. The van der Waals surface area contributed by atoms with E-state index in [1.54, 1.807) is 6.92 Å². The van der Waals surface area contributed by atoms with Gasteiger partial charge in [0.05, 0.1) is 6.61 Å². The van der Waals surface area contributed by atoms with Gasteiger partial charge in [-0.15, -0.1) is 0 Å². The summed E-state index contributed by atoms with van der Waals surface area (Å²) in [5.74, 6) is 0. The number of carbonyl (C=O) groups is 1. The molecule has 0 aliphatic rings. The lowest BCUT2D eigenvalue weighted by Gasteiger charge is -2.22. The molecule has 1 aromatic carbocycles. The molecule has 0 saturated heterocycles. The minimum Gasteiger partial charge on any atom is -0.450 e. The van der Waals surface area contributed by atoms with E-state index in [0.717, 1.165) is 24.3 Å². The number of rotatable bonds is 5. The molecule has 0 atom stereocenters. The Labute approximate surface area is 109 Å². The van der Waals surface area contributed by atoms with Gasteiger partial charge in [-0.2, -0.15) is 0 Å². The molecule has 0 aromatic heterocycles. The molecule has 0 radical (unpaired) electrons. The van der Waals surface area contributed by atoms with Crippen molar-refractivity contribution in [1.82, 2.24) is 0 Å². The van der Waals surface area contributed by atoms with Crippen molar-refractivity contribution in [2.75, 3.05) is 29.9 Å². The van der Waals surface area contributed by atoms with Gasteiger partial charge >= 0.3 is 6.09 Å². The molecule has 0 bridgehead atoms. The van der Waals surface area contributed by atoms with Gasteiger partial charge in [0.1, 0.15) is 0 Å². The molecule has 1 rings (SSSR count). The molecule has 1 aromatic rings. The van der Waals surface area contributed by atoms with Gasteiger partial charge in [-0.05, 0) is 51.5 Å². The van der Waals surface area contributed by atoms with Crippen LogP contribution in [0.3, 0.4) is 0 Å². The van der Waals surface area contributed by atoms with E-state index < -0.39 is 6.09 Å². The summed E-state index contributed by atoms with van der Waals surface area (Å²) in [6, 6.07) is 6.01. The van der Waals surface area contributed by atoms with E-state index in [-0.39, 0.29) is 0 Å². The van der Waals surface area contributed by atoms with E-state index in [1.807, 2.05) is 19.1 Å². The Morgan fingerprint density at radius 2 is 1.94 bits per heavy atom. The zero-order chi connectivity index (χ0) is 13.5. The first-order chi connectivity index (χ1) is 8.62. The van der Waals surface area contributed by atoms with E-state index in [0.29, 0.717) is 6.61 Å². The van der Waals surface area contributed by atoms with E-state index in [9.17, 15) is 4.79 Å². The second-order valence-electron chi connectivity index (χ2n) is 4.02. The Balaban J connectivity index is 2.82. The number of anilines is 2. The predicted octanol–water partition coefficient (Wildman–Crippen LogP) is 3.41. The van der Waals surface area contributed by atoms with Gasteiger partial charge in [-0.25, -0.2) is 4.79 Å². The van der Waals surface area contributed by atoms with Crippen molar-refractivity contribution >= 4 is 17.5 Å².